The third kappa shape index (κ3) is 2.72. The van der Waals surface area contributed by atoms with Gasteiger partial charge in [-0.1, -0.05) is 0 Å². The van der Waals surface area contributed by atoms with Crippen molar-refractivity contribution in [2.24, 2.45) is 0 Å². The maximum absolute atomic E-state index is 10.9. The Labute approximate surface area is 98.8 Å². The van der Waals surface area contributed by atoms with E-state index >= 15 is 0 Å². The molecule has 0 aliphatic heterocycles. The molecule has 0 saturated heterocycles. The molecule has 0 spiro atoms. The number of hydrogen-bond donors (Lipinski definition) is 2. The van der Waals surface area contributed by atoms with E-state index in [1.165, 1.54) is 20.4 Å². The SMILES string of the molecule is COCc1cnc(C)c(OC)c1C(O)C(=O)O. The van der Waals surface area contributed by atoms with Gasteiger partial charge >= 0.3 is 5.97 Å². The summed E-state index contributed by atoms with van der Waals surface area (Å²) >= 11 is 0. The molecule has 1 rings (SSSR count). The van der Waals surface area contributed by atoms with Gasteiger partial charge in [-0.25, -0.2) is 4.79 Å². The van der Waals surface area contributed by atoms with E-state index in [9.17, 15) is 9.90 Å². The molecule has 94 valence electrons. The van der Waals surface area contributed by atoms with Crippen LogP contribution in [0.5, 0.6) is 5.75 Å². The van der Waals surface area contributed by atoms with Gasteiger partial charge in [0, 0.05) is 24.4 Å². The molecule has 1 aromatic heterocycles. The second kappa shape index (κ2) is 5.60. The molecule has 0 aliphatic carbocycles. The standard InChI is InChI=1S/C11H15NO5/c1-6-10(17-3)8(9(13)11(14)15)7(4-12-6)5-16-2/h4,9,13H,5H2,1-3H3,(H,14,15). The normalized spacial score (nSPS) is 12.2. The highest BCUT2D eigenvalue weighted by Crippen LogP contribution is 2.31. The van der Waals surface area contributed by atoms with Crippen LogP contribution in [-0.4, -0.2) is 35.4 Å². The number of carbonyl (C=O) groups is 1. The third-order valence-electron chi connectivity index (χ3n) is 2.34. The fourth-order valence-corrected chi connectivity index (χ4v) is 1.60. The van der Waals surface area contributed by atoms with E-state index in [4.69, 9.17) is 14.6 Å². The van der Waals surface area contributed by atoms with E-state index in [0.29, 0.717) is 11.3 Å². The highest BCUT2D eigenvalue weighted by Gasteiger charge is 2.25. The van der Waals surface area contributed by atoms with Crippen LogP contribution in [0.15, 0.2) is 6.20 Å². The summed E-state index contributed by atoms with van der Waals surface area (Å²) in [6.07, 6.45) is -0.181. The van der Waals surface area contributed by atoms with Crippen molar-refractivity contribution < 1.29 is 24.5 Å². The van der Waals surface area contributed by atoms with E-state index < -0.39 is 12.1 Å². The Balaban J connectivity index is 3.37. The molecule has 0 fully saturated rings. The number of aromatic nitrogens is 1. The number of nitrogens with zero attached hydrogens (tertiary/aromatic N) is 1. The van der Waals surface area contributed by atoms with Crippen LogP contribution in [0.3, 0.4) is 0 Å². The average molecular weight is 241 g/mol. The van der Waals surface area contributed by atoms with Gasteiger partial charge in [-0.15, -0.1) is 0 Å². The minimum Gasteiger partial charge on any atom is -0.494 e. The lowest BCUT2D eigenvalue weighted by Crippen LogP contribution is -2.15. The van der Waals surface area contributed by atoms with Crippen LogP contribution in [-0.2, 0) is 16.1 Å². The Hall–Kier alpha value is -1.66. The summed E-state index contributed by atoms with van der Waals surface area (Å²) in [5, 5.41) is 18.6. The van der Waals surface area contributed by atoms with Crippen molar-refractivity contribution in [3.05, 3.63) is 23.0 Å². The van der Waals surface area contributed by atoms with Gasteiger partial charge in [0.25, 0.3) is 0 Å². The predicted molar refractivity (Wildman–Crippen MR) is 58.8 cm³/mol. The van der Waals surface area contributed by atoms with Crippen molar-refractivity contribution in [3.63, 3.8) is 0 Å². The first-order valence-electron chi connectivity index (χ1n) is 4.95. The van der Waals surface area contributed by atoms with Gasteiger partial charge in [-0.3, -0.25) is 4.98 Å². The van der Waals surface area contributed by atoms with E-state index in [0.717, 1.165) is 0 Å². The molecule has 0 saturated carbocycles. The first-order valence-corrected chi connectivity index (χ1v) is 4.95. The van der Waals surface area contributed by atoms with Crippen LogP contribution in [0.4, 0.5) is 0 Å². The van der Waals surface area contributed by atoms with Crippen molar-refractivity contribution in [1.29, 1.82) is 0 Å². The largest absolute Gasteiger partial charge is 0.494 e. The van der Waals surface area contributed by atoms with Crippen LogP contribution in [0, 0.1) is 6.92 Å². The molecule has 1 unspecified atom stereocenters. The summed E-state index contributed by atoms with van der Waals surface area (Å²) in [7, 11) is 2.88. The van der Waals surface area contributed by atoms with Crippen LogP contribution < -0.4 is 4.74 Å². The first kappa shape index (κ1) is 13.4. The number of methoxy groups -OCH3 is 2. The number of aliphatic carboxylic acids is 1. The van der Waals surface area contributed by atoms with Gasteiger partial charge in [-0.2, -0.15) is 0 Å². The van der Waals surface area contributed by atoms with Crippen LogP contribution in [0.2, 0.25) is 0 Å². The Morgan fingerprint density at radius 2 is 2.18 bits per heavy atom. The lowest BCUT2D eigenvalue weighted by Gasteiger charge is -2.17. The van der Waals surface area contributed by atoms with Gasteiger partial charge in [-0.05, 0) is 6.92 Å². The Bertz CT molecular complexity index is 419. The van der Waals surface area contributed by atoms with E-state index in [2.05, 4.69) is 4.98 Å². The monoisotopic (exact) mass is 241 g/mol. The molecule has 2 N–H and O–H groups in total. The van der Waals surface area contributed by atoms with Crippen molar-refractivity contribution in [1.82, 2.24) is 4.98 Å². The molecule has 6 heteroatoms. The van der Waals surface area contributed by atoms with Gasteiger partial charge in [0.2, 0.25) is 0 Å². The fraction of sp³-hybridized carbons (Fsp3) is 0.455. The average Bonchev–Trinajstić information content (AvgIpc) is 2.30. The van der Waals surface area contributed by atoms with Crippen LogP contribution in [0.1, 0.15) is 22.9 Å². The zero-order valence-electron chi connectivity index (χ0n) is 9.93. The van der Waals surface area contributed by atoms with E-state index in [1.807, 2.05) is 0 Å². The summed E-state index contributed by atoms with van der Waals surface area (Å²) in [6, 6.07) is 0. The maximum Gasteiger partial charge on any atom is 0.337 e. The molecule has 1 atom stereocenters. The summed E-state index contributed by atoms with van der Waals surface area (Å²) < 4.78 is 10.0. The number of pyridine rings is 1. The summed E-state index contributed by atoms with van der Waals surface area (Å²) in [6.45, 7) is 1.83. The molecular formula is C11H15NO5. The van der Waals surface area contributed by atoms with Crippen molar-refractivity contribution >= 4 is 5.97 Å². The lowest BCUT2D eigenvalue weighted by atomic mass is 10.0. The van der Waals surface area contributed by atoms with Crippen molar-refractivity contribution in [2.75, 3.05) is 14.2 Å². The number of aliphatic hydroxyl groups is 1. The highest BCUT2D eigenvalue weighted by atomic mass is 16.5. The zero-order chi connectivity index (χ0) is 13.0. The topological polar surface area (TPSA) is 88.9 Å². The van der Waals surface area contributed by atoms with Crippen molar-refractivity contribution in [3.8, 4) is 5.75 Å². The minimum atomic E-state index is -1.66. The second-order valence-electron chi connectivity index (χ2n) is 3.49. The molecular weight excluding hydrogens is 226 g/mol. The second-order valence-corrected chi connectivity index (χ2v) is 3.49. The van der Waals surface area contributed by atoms with Crippen LogP contribution >= 0.6 is 0 Å². The number of hydrogen-bond acceptors (Lipinski definition) is 5. The first-order chi connectivity index (χ1) is 8.02. The molecule has 17 heavy (non-hydrogen) atoms. The number of carboxylic acid groups (broad SMARTS) is 1. The highest BCUT2D eigenvalue weighted by molar-refractivity contribution is 5.76. The maximum atomic E-state index is 10.9. The van der Waals surface area contributed by atoms with Gasteiger partial charge in [0.05, 0.1) is 19.4 Å². The minimum absolute atomic E-state index is 0.156. The van der Waals surface area contributed by atoms with Gasteiger partial charge < -0.3 is 19.7 Å². The summed E-state index contributed by atoms with van der Waals surface area (Å²) in [4.78, 5) is 14.9. The molecule has 0 bridgehead atoms. The third-order valence-corrected chi connectivity index (χ3v) is 2.34. The van der Waals surface area contributed by atoms with E-state index in [-0.39, 0.29) is 17.9 Å². The summed E-state index contributed by atoms with van der Waals surface area (Å²) in [5.41, 5.74) is 1.20. The number of aryl methyl sites for hydroxylation is 1. The molecule has 0 aromatic carbocycles. The number of carboxylic acids is 1. The molecule has 1 aromatic rings. The summed E-state index contributed by atoms with van der Waals surface area (Å²) in [5.74, 6) is -1.07. The number of aliphatic hydroxyl groups excluding tert-OH is 1. The Kier molecular flexibility index (Phi) is 4.42. The molecule has 0 radical (unpaired) electrons. The predicted octanol–water partition coefficient (Wildman–Crippen LogP) is 0.663. The smallest absolute Gasteiger partial charge is 0.337 e. The molecule has 1 heterocycles. The fourth-order valence-electron chi connectivity index (χ4n) is 1.60. The van der Waals surface area contributed by atoms with Gasteiger partial charge in [0.1, 0.15) is 5.75 Å². The van der Waals surface area contributed by atoms with Crippen LogP contribution in [0.25, 0.3) is 0 Å². The molecule has 6 nitrogen and oxygen atoms in total. The number of rotatable bonds is 5. The van der Waals surface area contributed by atoms with E-state index in [1.54, 1.807) is 6.92 Å². The Morgan fingerprint density at radius 3 is 2.65 bits per heavy atom. The lowest BCUT2D eigenvalue weighted by molar-refractivity contribution is -0.147. The molecule has 0 aliphatic rings. The zero-order valence-corrected chi connectivity index (χ0v) is 9.93. The Morgan fingerprint density at radius 1 is 1.53 bits per heavy atom. The van der Waals surface area contributed by atoms with Crippen molar-refractivity contribution in [2.45, 2.75) is 19.6 Å². The quantitative estimate of drug-likeness (QED) is 0.787. The van der Waals surface area contributed by atoms with Gasteiger partial charge in [0.15, 0.2) is 6.10 Å². The number of ether oxygens (including phenoxy) is 2. The molecule has 0 amide bonds.